The molecule has 0 N–H and O–H groups in total. The van der Waals surface area contributed by atoms with Crippen molar-refractivity contribution in [2.75, 3.05) is 39.8 Å². The molecule has 0 aliphatic carbocycles. The van der Waals surface area contributed by atoms with Gasteiger partial charge < -0.3 is 14.1 Å². The van der Waals surface area contributed by atoms with Gasteiger partial charge in [-0.3, -0.25) is 4.90 Å². The molecule has 0 saturated carbocycles. The minimum atomic E-state index is -0.422. The van der Waals surface area contributed by atoms with Crippen LogP contribution in [0.1, 0.15) is 36.2 Å². The van der Waals surface area contributed by atoms with E-state index in [9.17, 15) is 4.79 Å². The van der Waals surface area contributed by atoms with Gasteiger partial charge in [0.1, 0.15) is 5.76 Å². The predicted molar refractivity (Wildman–Crippen MR) is 72.1 cm³/mol. The highest BCUT2D eigenvalue weighted by Crippen LogP contribution is 2.23. The topological polar surface area (TPSA) is 45.9 Å². The van der Waals surface area contributed by atoms with Gasteiger partial charge in [-0.2, -0.15) is 0 Å². The summed E-state index contributed by atoms with van der Waals surface area (Å²) in [4.78, 5) is 16.2. The van der Waals surface area contributed by atoms with E-state index in [0.29, 0.717) is 0 Å². The maximum absolute atomic E-state index is 11.4. The standard InChI is InChI=1S/C14H22N2O3/c1-4-15-7-9-16(10-8-15)11(2)12-5-6-13(19-12)14(17)18-3/h5-6,11H,4,7-10H2,1-3H3. The molecule has 0 bridgehead atoms. The van der Waals surface area contributed by atoms with Crippen LogP contribution in [0.15, 0.2) is 16.5 Å². The van der Waals surface area contributed by atoms with Crippen molar-refractivity contribution < 1.29 is 13.9 Å². The van der Waals surface area contributed by atoms with Crippen molar-refractivity contribution in [3.8, 4) is 0 Å². The molecule has 1 unspecified atom stereocenters. The number of hydrogen-bond donors (Lipinski definition) is 0. The van der Waals surface area contributed by atoms with Crippen molar-refractivity contribution in [3.05, 3.63) is 23.7 Å². The Bertz CT molecular complexity index is 422. The summed E-state index contributed by atoms with van der Waals surface area (Å²) in [5, 5.41) is 0. The van der Waals surface area contributed by atoms with Crippen LogP contribution in [-0.2, 0) is 4.74 Å². The van der Waals surface area contributed by atoms with Crippen LogP contribution in [0, 0.1) is 0 Å². The van der Waals surface area contributed by atoms with Gasteiger partial charge in [0.15, 0.2) is 0 Å². The van der Waals surface area contributed by atoms with E-state index < -0.39 is 5.97 Å². The van der Waals surface area contributed by atoms with Gasteiger partial charge in [0.25, 0.3) is 0 Å². The molecular formula is C14H22N2O3. The Hall–Kier alpha value is -1.33. The Labute approximate surface area is 114 Å². The monoisotopic (exact) mass is 266 g/mol. The van der Waals surface area contributed by atoms with Gasteiger partial charge in [-0.25, -0.2) is 4.79 Å². The summed E-state index contributed by atoms with van der Waals surface area (Å²) < 4.78 is 10.2. The Balaban J connectivity index is 1.98. The summed E-state index contributed by atoms with van der Waals surface area (Å²) in [5.41, 5.74) is 0. The Morgan fingerprint density at radius 3 is 2.63 bits per heavy atom. The number of carbonyl (C=O) groups excluding carboxylic acids is 1. The number of likely N-dealkylation sites (N-methyl/N-ethyl adjacent to an activating group) is 1. The van der Waals surface area contributed by atoms with Gasteiger partial charge in [-0.05, 0) is 25.6 Å². The maximum atomic E-state index is 11.4. The molecule has 1 atom stereocenters. The largest absolute Gasteiger partial charge is 0.463 e. The zero-order valence-electron chi connectivity index (χ0n) is 11.9. The summed E-state index contributed by atoms with van der Waals surface area (Å²) in [5.74, 6) is 0.677. The van der Waals surface area contributed by atoms with Gasteiger partial charge in [-0.15, -0.1) is 0 Å². The Morgan fingerprint density at radius 1 is 1.37 bits per heavy atom. The van der Waals surface area contributed by atoms with Crippen molar-refractivity contribution in [1.29, 1.82) is 0 Å². The quantitative estimate of drug-likeness (QED) is 0.777. The molecule has 1 aliphatic heterocycles. The number of ether oxygens (including phenoxy) is 1. The van der Waals surface area contributed by atoms with Crippen molar-refractivity contribution in [2.24, 2.45) is 0 Å². The third-order valence-corrected chi connectivity index (χ3v) is 3.83. The second kappa shape index (κ2) is 6.21. The van der Waals surface area contributed by atoms with E-state index in [1.54, 1.807) is 6.07 Å². The minimum absolute atomic E-state index is 0.192. The molecule has 5 nitrogen and oxygen atoms in total. The highest BCUT2D eigenvalue weighted by atomic mass is 16.5. The van der Waals surface area contributed by atoms with Gasteiger partial charge in [-0.1, -0.05) is 6.92 Å². The van der Waals surface area contributed by atoms with E-state index in [1.807, 2.05) is 6.07 Å². The van der Waals surface area contributed by atoms with E-state index >= 15 is 0 Å². The van der Waals surface area contributed by atoms with Crippen LogP contribution in [0.4, 0.5) is 0 Å². The molecule has 19 heavy (non-hydrogen) atoms. The summed E-state index contributed by atoms with van der Waals surface area (Å²) in [6.45, 7) is 9.65. The second-order valence-electron chi connectivity index (χ2n) is 4.84. The normalized spacial score (nSPS) is 19.3. The van der Waals surface area contributed by atoms with Crippen molar-refractivity contribution >= 4 is 5.97 Å². The van der Waals surface area contributed by atoms with E-state index in [4.69, 9.17) is 4.42 Å². The molecule has 5 heteroatoms. The van der Waals surface area contributed by atoms with Crippen molar-refractivity contribution in [2.45, 2.75) is 19.9 Å². The molecular weight excluding hydrogens is 244 g/mol. The van der Waals surface area contributed by atoms with Gasteiger partial charge in [0, 0.05) is 26.2 Å². The van der Waals surface area contributed by atoms with E-state index in [0.717, 1.165) is 38.5 Å². The third-order valence-electron chi connectivity index (χ3n) is 3.83. The lowest BCUT2D eigenvalue weighted by Gasteiger charge is -2.36. The van der Waals surface area contributed by atoms with Gasteiger partial charge >= 0.3 is 5.97 Å². The first kappa shape index (κ1) is 14.1. The van der Waals surface area contributed by atoms with Crippen molar-refractivity contribution in [1.82, 2.24) is 9.80 Å². The first-order valence-corrected chi connectivity index (χ1v) is 6.80. The molecule has 1 saturated heterocycles. The molecule has 1 aromatic rings. The summed E-state index contributed by atoms with van der Waals surface area (Å²) >= 11 is 0. The summed E-state index contributed by atoms with van der Waals surface area (Å²) in [7, 11) is 1.36. The Kier molecular flexibility index (Phi) is 4.61. The highest BCUT2D eigenvalue weighted by Gasteiger charge is 2.24. The van der Waals surface area contributed by atoms with Crippen molar-refractivity contribution in [3.63, 3.8) is 0 Å². The molecule has 106 valence electrons. The average Bonchev–Trinajstić information content (AvgIpc) is 2.95. The fourth-order valence-electron chi connectivity index (χ4n) is 2.43. The Morgan fingerprint density at radius 2 is 2.05 bits per heavy atom. The highest BCUT2D eigenvalue weighted by molar-refractivity contribution is 5.86. The molecule has 0 radical (unpaired) electrons. The predicted octanol–water partition coefficient (Wildman–Crippen LogP) is 1.76. The number of nitrogens with zero attached hydrogens (tertiary/aromatic N) is 2. The number of piperazine rings is 1. The number of methoxy groups -OCH3 is 1. The lowest BCUT2D eigenvalue weighted by Crippen LogP contribution is -2.46. The zero-order chi connectivity index (χ0) is 13.8. The molecule has 1 aromatic heterocycles. The number of esters is 1. The number of furan rings is 1. The fraction of sp³-hybridized carbons (Fsp3) is 0.643. The lowest BCUT2D eigenvalue weighted by molar-refractivity contribution is 0.0553. The molecule has 2 heterocycles. The third kappa shape index (κ3) is 3.16. The van der Waals surface area contributed by atoms with Crippen LogP contribution < -0.4 is 0 Å². The number of rotatable bonds is 4. The van der Waals surface area contributed by atoms with E-state index in [-0.39, 0.29) is 11.8 Å². The summed E-state index contributed by atoms with van der Waals surface area (Å²) in [6, 6.07) is 3.74. The second-order valence-corrected chi connectivity index (χ2v) is 4.84. The van der Waals surface area contributed by atoms with Crippen LogP contribution in [0.3, 0.4) is 0 Å². The zero-order valence-corrected chi connectivity index (χ0v) is 11.9. The fourth-order valence-corrected chi connectivity index (χ4v) is 2.43. The van der Waals surface area contributed by atoms with E-state index in [1.165, 1.54) is 7.11 Å². The average molecular weight is 266 g/mol. The van der Waals surface area contributed by atoms with Crippen LogP contribution in [0.5, 0.6) is 0 Å². The van der Waals surface area contributed by atoms with Crippen LogP contribution in [0.25, 0.3) is 0 Å². The van der Waals surface area contributed by atoms with Crippen LogP contribution in [-0.4, -0.2) is 55.6 Å². The smallest absolute Gasteiger partial charge is 0.373 e. The van der Waals surface area contributed by atoms with Crippen LogP contribution in [0.2, 0.25) is 0 Å². The van der Waals surface area contributed by atoms with Gasteiger partial charge in [0.05, 0.1) is 13.2 Å². The van der Waals surface area contributed by atoms with Gasteiger partial charge in [0.2, 0.25) is 5.76 Å². The molecule has 1 aliphatic rings. The first-order chi connectivity index (χ1) is 9.15. The first-order valence-electron chi connectivity index (χ1n) is 6.80. The maximum Gasteiger partial charge on any atom is 0.373 e. The number of hydrogen-bond acceptors (Lipinski definition) is 5. The molecule has 0 amide bonds. The lowest BCUT2D eigenvalue weighted by atomic mass is 10.2. The van der Waals surface area contributed by atoms with Crippen LogP contribution >= 0.6 is 0 Å². The molecule has 1 fully saturated rings. The molecule has 0 spiro atoms. The SMILES string of the molecule is CCN1CCN(C(C)c2ccc(C(=O)OC)o2)CC1. The minimum Gasteiger partial charge on any atom is -0.463 e. The number of carbonyl (C=O) groups is 1. The summed E-state index contributed by atoms with van der Waals surface area (Å²) in [6.07, 6.45) is 0. The molecule has 2 rings (SSSR count). The molecule has 0 aromatic carbocycles. The van der Waals surface area contributed by atoms with E-state index in [2.05, 4.69) is 28.4 Å².